The molecule has 0 aromatic heterocycles. The van der Waals surface area contributed by atoms with Gasteiger partial charge in [-0.15, -0.1) is 0 Å². The molecule has 0 aromatic carbocycles. The highest BCUT2D eigenvalue weighted by molar-refractivity contribution is 5.90. The van der Waals surface area contributed by atoms with Gasteiger partial charge in [0.05, 0.1) is 12.8 Å². The number of aliphatic hydroxyl groups is 1. The van der Waals surface area contributed by atoms with Crippen LogP contribution >= 0.6 is 0 Å². The van der Waals surface area contributed by atoms with Crippen LogP contribution in [0.4, 0.5) is 0 Å². The number of aliphatic carboxylic acids is 2. The van der Waals surface area contributed by atoms with Gasteiger partial charge in [0.15, 0.2) is 17.5 Å². The summed E-state index contributed by atoms with van der Waals surface area (Å²) in [4.78, 5) is 47.5. The van der Waals surface area contributed by atoms with Crippen molar-refractivity contribution in [1.29, 1.82) is 0 Å². The normalized spacial score (nSPS) is 13.8. The third-order valence-corrected chi connectivity index (χ3v) is 6.69. The quantitative estimate of drug-likeness (QED) is 0.0907. The molecule has 0 fully saturated rings. The predicted octanol–water partition coefficient (Wildman–Crippen LogP) is 6.46. The summed E-state index contributed by atoms with van der Waals surface area (Å²) in [5.41, 5.74) is -2.77. The molecule has 8 nitrogen and oxygen atoms in total. The van der Waals surface area contributed by atoms with Gasteiger partial charge >= 0.3 is 17.9 Å². The number of hydrogen-bond donors (Lipinski definition) is 3. The van der Waals surface area contributed by atoms with Crippen molar-refractivity contribution in [1.82, 2.24) is 0 Å². The summed E-state index contributed by atoms with van der Waals surface area (Å²) in [5.74, 6) is -3.88. The molecule has 3 N–H and O–H groups in total. The van der Waals surface area contributed by atoms with E-state index in [-0.39, 0.29) is 12.2 Å². The topological polar surface area (TPSA) is 138 Å². The molecule has 0 saturated carbocycles. The lowest BCUT2D eigenvalue weighted by Crippen LogP contribution is -2.44. The van der Waals surface area contributed by atoms with E-state index in [1.54, 1.807) is 0 Å². The highest BCUT2D eigenvalue weighted by Gasteiger charge is 2.42. The molecule has 0 radical (unpaired) electrons. The lowest BCUT2D eigenvalue weighted by Gasteiger charge is -2.22. The van der Waals surface area contributed by atoms with Gasteiger partial charge in [0, 0.05) is 6.42 Å². The summed E-state index contributed by atoms with van der Waals surface area (Å²) in [7, 11) is 0. The number of hydrogen-bond acceptors (Lipinski definition) is 6. The number of Topliss-reactive ketones (excluding diaryl/α,β-unsaturated/α-hetero) is 1. The number of esters is 1. The molecule has 0 heterocycles. The number of ketones is 1. The SMILES string of the molecule is CCCCCCCC(=O)C(CCCCCCCCCCCC(C)C)OC(=O)CC(O)(CC(=O)O)C(=O)O. The van der Waals surface area contributed by atoms with E-state index < -0.39 is 42.5 Å². The van der Waals surface area contributed by atoms with Crippen LogP contribution in [0, 0.1) is 5.92 Å². The number of carbonyl (C=O) groups is 4. The molecule has 2 atom stereocenters. The first kappa shape index (κ1) is 35.0. The van der Waals surface area contributed by atoms with Crippen molar-refractivity contribution in [3.05, 3.63) is 0 Å². The van der Waals surface area contributed by atoms with E-state index in [0.29, 0.717) is 19.3 Å². The number of unbranched alkanes of at least 4 members (excludes halogenated alkanes) is 12. The molecule has 0 aliphatic carbocycles. The summed E-state index contributed by atoms with van der Waals surface area (Å²) in [6.07, 6.45) is 13.6. The minimum absolute atomic E-state index is 0.205. The first-order valence-corrected chi connectivity index (χ1v) is 14.4. The van der Waals surface area contributed by atoms with Gasteiger partial charge < -0.3 is 20.1 Å². The first-order chi connectivity index (χ1) is 17.5. The summed E-state index contributed by atoms with van der Waals surface area (Å²) >= 11 is 0. The van der Waals surface area contributed by atoms with Crippen LogP contribution in [0.3, 0.4) is 0 Å². The number of carboxylic acids is 2. The van der Waals surface area contributed by atoms with Crippen LogP contribution < -0.4 is 0 Å². The average molecular weight is 529 g/mol. The predicted molar refractivity (Wildman–Crippen MR) is 143 cm³/mol. The Kier molecular flexibility index (Phi) is 19.9. The van der Waals surface area contributed by atoms with E-state index in [0.717, 1.165) is 50.9 Å². The summed E-state index contributed by atoms with van der Waals surface area (Å²) in [6, 6.07) is 0. The van der Waals surface area contributed by atoms with E-state index in [4.69, 9.17) is 9.84 Å². The van der Waals surface area contributed by atoms with Gasteiger partial charge in [0.1, 0.15) is 0 Å². The highest BCUT2D eigenvalue weighted by atomic mass is 16.5. The van der Waals surface area contributed by atoms with Gasteiger partial charge in [0.25, 0.3) is 0 Å². The molecular formula is C29H52O8. The molecule has 0 amide bonds. The Bertz CT molecular complexity index is 660. The Labute approximate surface area is 223 Å². The lowest BCUT2D eigenvalue weighted by molar-refractivity contribution is -0.174. The van der Waals surface area contributed by atoms with Crippen LogP contribution in [0.1, 0.15) is 143 Å². The molecule has 2 unspecified atom stereocenters. The van der Waals surface area contributed by atoms with Crippen molar-refractivity contribution >= 4 is 23.7 Å². The number of carbonyl (C=O) groups excluding carboxylic acids is 2. The van der Waals surface area contributed by atoms with Crippen LogP contribution in [0.2, 0.25) is 0 Å². The fraction of sp³-hybridized carbons (Fsp3) is 0.862. The van der Waals surface area contributed by atoms with Crippen LogP contribution in [-0.2, 0) is 23.9 Å². The maximum atomic E-state index is 12.8. The largest absolute Gasteiger partial charge is 0.481 e. The number of rotatable bonds is 25. The molecule has 0 aliphatic rings. The third-order valence-electron chi connectivity index (χ3n) is 6.69. The van der Waals surface area contributed by atoms with Crippen LogP contribution in [0.15, 0.2) is 0 Å². The van der Waals surface area contributed by atoms with Crippen LogP contribution in [0.25, 0.3) is 0 Å². The van der Waals surface area contributed by atoms with Gasteiger partial charge in [-0.2, -0.15) is 0 Å². The number of carboxylic acid groups (broad SMARTS) is 2. The van der Waals surface area contributed by atoms with Crippen molar-refractivity contribution in [3.63, 3.8) is 0 Å². The summed E-state index contributed by atoms with van der Waals surface area (Å²) in [5, 5.41) is 28.2. The average Bonchev–Trinajstić information content (AvgIpc) is 2.80. The van der Waals surface area contributed by atoms with Gasteiger partial charge in [-0.05, 0) is 25.2 Å². The van der Waals surface area contributed by atoms with E-state index in [2.05, 4.69) is 20.8 Å². The minimum Gasteiger partial charge on any atom is -0.481 e. The van der Waals surface area contributed by atoms with Gasteiger partial charge in [-0.3, -0.25) is 14.4 Å². The lowest BCUT2D eigenvalue weighted by atomic mass is 9.95. The fourth-order valence-corrected chi connectivity index (χ4v) is 4.37. The highest BCUT2D eigenvalue weighted by Crippen LogP contribution is 2.20. The maximum Gasteiger partial charge on any atom is 0.336 e. The summed E-state index contributed by atoms with van der Waals surface area (Å²) < 4.78 is 5.31. The monoisotopic (exact) mass is 528 g/mol. The van der Waals surface area contributed by atoms with Crippen molar-refractivity contribution in [2.75, 3.05) is 0 Å². The zero-order valence-corrected chi connectivity index (χ0v) is 23.5. The Hall–Kier alpha value is -1.96. The van der Waals surface area contributed by atoms with Crippen molar-refractivity contribution in [2.45, 2.75) is 154 Å². The Morgan fingerprint density at radius 3 is 1.68 bits per heavy atom. The van der Waals surface area contributed by atoms with Gasteiger partial charge in [-0.1, -0.05) is 104 Å². The third kappa shape index (κ3) is 18.9. The van der Waals surface area contributed by atoms with E-state index in [9.17, 15) is 29.4 Å². The van der Waals surface area contributed by atoms with Gasteiger partial charge in [-0.25, -0.2) is 4.79 Å². The zero-order valence-electron chi connectivity index (χ0n) is 23.5. The standard InChI is InChI=1S/C29H52O8/c1-4-5-6-12-16-19-24(30)25(37-27(33)22-29(36,28(34)35)21-26(31)32)20-17-14-11-9-7-8-10-13-15-18-23(2)3/h23,25,36H,4-22H2,1-3H3,(H,31,32)(H,34,35). The first-order valence-electron chi connectivity index (χ1n) is 14.4. The molecule has 37 heavy (non-hydrogen) atoms. The van der Waals surface area contributed by atoms with Crippen LogP contribution in [-0.4, -0.2) is 50.7 Å². The second kappa shape index (κ2) is 21.0. The van der Waals surface area contributed by atoms with Gasteiger partial charge in [0.2, 0.25) is 0 Å². The molecule has 216 valence electrons. The van der Waals surface area contributed by atoms with Crippen molar-refractivity contribution in [2.24, 2.45) is 5.92 Å². The summed E-state index contributed by atoms with van der Waals surface area (Å²) in [6.45, 7) is 6.61. The second-order valence-electron chi connectivity index (χ2n) is 10.8. The van der Waals surface area contributed by atoms with E-state index >= 15 is 0 Å². The van der Waals surface area contributed by atoms with Crippen molar-refractivity contribution in [3.8, 4) is 0 Å². The molecule has 0 bridgehead atoms. The zero-order chi connectivity index (χ0) is 28.1. The number of ether oxygens (including phenoxy) is 1. The maximum absolute atomic E-state index is 12.8. The molecule has 0 spiro atoms. The fourth-order valence-electron chi connectivity index (χ4n) is 4.37. The Morgan fingerprint density at radius 2 is 1.19 bits per heavy atom. The molecule has 0 saturated heterocycles. The molecular weight excluding hydrogens is 476 g/mol. The molecule has 0 rings (SSSR count). The molecule has 8 heteroatoms. The molecule has 0 aromatic rings. The Morgan fingerprint density at radius 1 is 0.703 bits per heavy atom. The van der Waals surface area contributed by atoms with Crippen molar-refractivity contribution < 1.29 is 39.2 Å². The van der Waals surface area contributed by atoms with E-state index in [1.807, 2.05) is 0 Å². The minimum atomic E-state index is -2.77. The van der Waals surface area contributed by atoms with E-state index in [1.165, 1.54) is 38.5 Å². The smallest absolute Gasteiger partial charge is 0.336 e. The van der Waals surface area contributed by atoms with Crippen LogP contribution in [0.5, 0.6) is 0 Å². The molecule has 0 aliphatic heterocycles. The Balaban J connectivity index is 4.62. The second-order valence-corrected chi connectivity index (χ2v) is 10.8.